The molecule has 0 saturated heterocycles. The van der Waals surface area contributed by atoms with Crippen molar-refractivity contribution in [3.8, 4) is 16.9 Å². The van der Waals surface area contributed by atoms with E-state index in [0.29, 0.717) is 6.42 Å². The van der Waals surface area contributed by atoms with Gasteiger partial charge in [0.1, 0.15) is 0 Å². The van der Waals surface area contributed by atoms with Gasteiger partial charge in [0, 0.05) is 34.6 Å². The molecular formula is C28H23BrN4O3. The van der Waals surface area contributed by atoms with E-state index in [4.69, 9.17) is 15.3 Å². The van der Waals surface area contributed by atoms with Gasteiger partial charge in [-0.2, -0.15) is 10.2 Å². The standard InChI is InChI=1S/C28H23BrN4O3/c29-21-13-11-19(12-14-21)24-17-25(33(30-24)26(34)15-16-27(35)36)23-18-32(22-9-5-2-6-10-22)31-28(23)20-7-3-1-4-8-20/h1-14,18,25H,15-17H2,(H,35,36)/t25-/m1/s1. The van der Waals surface area contributed by atoms with Crippen LogP contribution in [0.25, 0.3) is 16.9 Å². The normalized spacial score (nSPS) is 15.1. The van der Waals surface area contributed by atoms with Crippen LogP contribution in [0.4, 0.5) is 0 Å². The molecule has 5 rings (SSSR count). The van der Waals surface area contributed by atoms with Crippen LogP contribution in [-0.2, 0) is 9.59 Å². The van der Waals surface area contributed by atoms with Gasteiger partial charge < -0.3 is 5.11 Å². The number of hydrogen-bond acceptors (Lipinski definition) is 4. The van der Waals surface area contributed by atoms with Gasteiger partial charge in [-0.15, -0.1) is 0 Å². The number of hydrogen-bond donors (Lipinski definition) is 1. The Hall–Kier alpha value is -4.04. The van der Waals surface area contributed by atoms with Crippen LogP contribution in [0.1, 0.15) is 36.4 Å². The van der Waals surface area contributed by atoms with E-state index in [1.807, 2.05) is 95.8 Å². The lowest BCUT2D eigenvalue weighted by atomic mass is 9.96. The summed E-state index contributed by atoms with van der Waals surface area (Å²) in [6, 6.07) is 27.0. The number of amides is 1. The number of carboxylic acid groups (broad SMARTS) is 1. The molecule has 1 aliphatic heterocycles. The number of aromatic nitrogens is 2. The number of nitrogens with zero attached hydrogens (tertiary/aromatic N) is 4. The number of halogens is 1. The van der Waals surface area contributed by atoms with Crippen molar-refractivity contribution in [1.82, 2.24) is 14.8 Å². The Morgan fingerprint density at radius 3 is 2.22 bits per heavy atom. The Balaban J connectivity index is 1.59. The summed E-state index contributed by atoms with van der Waals surface area (Å²) in [4.78, 5) is 24.4. The van der Waals surface area contributed by atoms with Crippen LogP contribution in [-0.4, -0.2) is 37.5 Å². The fourth-order valence-electron chi connectivity index (χ4n) is 4.29. The highest BCUT2D eigenvalue weighted by atomic mass is 79.9. The van der Waals surface area contributed by atoms with Gasteiger partial charge in [-0.05, 0) is 29.8 Å². The molecule has 8 heteroatoms. The molecule has 36 heavy (non-hydrogen) atoms. The number of benzene rings is 3. The second kappa shape index (κ2) is 10.3. The van der Waals surface area contributed by atoms with Crippen LogP contribution in [0, 0.1) is 0 Å². The largest absolute Gasteiger partial charge is 0.481 e. The molecule has 180 valence electrons. The average molecular weight is 543 g/mol. The molecule has 2 heterocycles. The maximum Gasteiger partial charge on any atom is 0.303 e. The highest BCUT2D eigenvalue weighted by Crippen LogP contribution is 2.38. The summed E-state index contributed by atoms with van der Waals surface area (Å²) >= 11 is 3.46. The monoisotopic (exact) mass is 542 g/mol. The first-order valence-corrected chi connectivity index (χ1v) is 12.4. The smallest absolute Gasteiger partial charge is 0.303 e. The average Bonchev–Trinajstić information content (AvgIpc) is 3.54. The van der Waals surface area contributed by atoms with E-state index < -0.39 is 12.0 Å². The summed E-state index contributed by atoms with van der Waals surface area (Å²) in [6.45, 7) is 0. The lowest BCUT2D eigenvalue weighted by molar-refractivity contribution is -0.141. The lowest BCUT2D eigenvalue weighted by Gasteiger charge is -2.21. The molecule has 3 aromatic carbocycles. The summed E-state index contributed by atoms with van der Waals surface area (Å²) < 4.78 is 2.76. The number of rotatable bonds is 7. The van der Waals surface area contributed by atoms with E-state index in [-0.39, 0.29) is 18.7 Å². The second-order valence-electron chi connectivity index (χ2n) is 8.48. The van der Waals surface area contributed by atoms with Crippen LogP contribution >= 0.6 is 15.9 Å². The zero-order valence-corrected chi connectivity index (χ0v) is 20.9. The molecular weight excluding hydrogens is 520 g/mol. The third kappa shape index (κ3) is 4.99. The first kappa shape index (κ1) is 23.7. The number of para-hydroxylation sites is 1. The summed E-state index contributed by atoms with van der Waals surface area (Å²) in [5.74, 6) is -1.35. The van der Waals surface area contributed by atoms with Gasteiger partial charge in [0.25, 0.3) is 0 Å². The molecule has 1 N–H and O–H groups in total. The van der Waals surface area contributed by atoms with Crippen molar-refractivity contribution in [3.05, 3.63) is 107 Å². The lowest BCUT2D eigenvalue weighted by Crippen LogP contribution is -2.27. The quantitative estimate of drug-likeness (QED) is 0.317. The summed E-state index contributed by atoms with van der Waals surface area (Å²) in [7, 11) is 0. The summed E-state index contributed by atoms with van der Waals surface area (Å²) in [6.07, 6.45) is 2.05. The highest BCUT2D eigenvalue weighted by Gasteiger charge is 2.36. The third-order valence-corrected chi connectivity index (χ3v) is 6.59. The van der Waals surface area contributed by atoms with E-state index in [0.717, 1.165) is 38.3 Å². The minimum Gasteiger partial charge on any atom is -0.481 e. The molecule has 0 saturated carbocycles. The van der Waals surface area contributed by atoms with Crippen LogP contribution in [0.5, 0.6) is 0 Å². The van der Waals surface area contributed by atoms with Crippen LogP contribution in [0.15, 0.2) is 101 Å². The van der Waals surface area contributed by atoms with Gasteiger partial charge in [-0.25, -0.2) is 9.69 Å². The van der Waals surface area contributed by atoms with Crippen LogP contribution < -0.4 is 0 Å². The number of carbonyl (C=O) groups excluding carboxylic acids is 1. The molecule has 0 aliphatic carbocycles. The third-order valence-electron chi connectivity index (χ3n) is 6.07. The van der Waals surface area contributed by atoms with Crippen molar-refractivity contribution >= 4 is 33.5 Å². The Kier molecular flexibility index (Phi) is 6.77. The number of carboxylic acids is 1. The molecule has 1 atom stereocenters. The molecule has 1 aliphatic rings. The zero-order chi connectivity index (χ0) is 25.1. The van der Waals surface area contributed by atoms with Crippen molar-refractivity contribution < 1.29 is 14.7 Å². The maximum atomic E-state index is 13.2. The molecule has 0 fully saturated rings. The molecule has 0 unspecified atom stereocenters. The fraction of sp³-hybridized carbons (Fsp3) is 0.143. The maximum absolute atomic E-state index is 13.2. The fourth-order valence-corrected chi connectivity index (χ4v) is 4.56. The van der Waals surface area contributed by atoms with E-state index in [1.165, 1.54) is 5.01 Å². The van der Waals surface area contributed by atoms with E-state index in [9.17, 15) is 9.59 Å². The van der Waals surface area contributed by atoms with Gasteiger partial charge in [0.2, 0.25) is 5.91 Å². The van der Waals surface area contributed by atoms with Gasteiger partial charge >= 0.3 is 5.97 Å². The second-order valence-corrected chi connectivity index (χ2v) is 9.40. The minimum atomic E-state index is -1.02. The van der Waals surface area contributed by atoms with Crippen LogP contribution in [0.3, 0.4) is 0 Å². The van der Waals surface area contributed by atoms with Gasteiger partial charge in [0.05, 0.1) is 29.6 Å². The van der Waals surface area contributed by atoms with Crippen molar-refractivity contribution in [2.45, 2.75) is 25.3 Å². The molecule has 0 radical (unpaired) electrons. The number of carbonyl (C=O) groups is 2. The summed E-state index contributed by atoms with van der Waals surface area (Å²) in [5, 5.41) is 20.2. The van der Waals surface area contributed by atoms with Crippen molar-refractivity contribution in [2.24, 2.45) is 5.10 Å². The minimum absolute atomic E-state index is 0.129. The number of aliphatic carboxylic acids is 1. The van der Waals surface area contributed by atoms with Gasteiger partial charge in [0.15, 0.2) is 0 Å². The van der Waals surface area contributed by atoms with E-state index >= 15 is 0 Å². The molecule has 7 nitrogen and oxygen atoms in total. The zero-order valence-electron chi connectivity index (χ0n) is 19.3. The first-order valence-electron chi connectivity index (χ1n) is 11.6. The predicted molar refractivity (Wildman–Crippen MR) is 141 cm³/mol. The molecule has 1 aromatic heterocycles. The van der Waals surface area contributed by atoms with Crippen molar-refractivity contribution in [3.63, 3.8) is 0 Å². The predicted octanol–water partition coefficient (Wildman–Crippen LogP) is 5.84. The van der Waals surface area contributed by atoms with Gasteiger partial charge in [-0.3, -0.25) is 9.59 Å². The Bertz CT molecular complexity index is 1420. The molecule has 1 amide bonds. The van der Waals surface area contributed by atoms with Crippen molar-refractivity contribution in [1.29, 1.82) is 0 Å². The topological polar surface area (TPSA) is 87.8 Å². The molecule has 4 aromatic rings. The van der Waals surface area contributed by atoms with E-state index in [2.05, 4.69) is 15.9 Å². The summed E-state index contributed by atoms with van der Waals surface area (Å²) in [5.41, 5.74) is 5.11. The molecule has 0 bridgehead atoms. The Morgan fingerprint density at radius 2 is 1.56 bits per heavy atom. The van der Waals surface area contributed by atoms with Gasteiger partial charge in [-0.1, -0.05) is 76.6 Å². The van der Waals surface area contributed by atoms with Crippen LogP contribution in [0.2, 0.25) is 0 Å². The Morgan fingerprint density at radius 1 is 0.889 bits per heavy atom. The Labute approximate surface area is 216 Å². The highest BCUT2D eigenvalue weighted by molar-refractivity contribution is 9.10. The number of hydrazone groups is 1. The SMILES string of the molecule is O=C(O)CCC(=O)N1N=C(c2ccc(Br)cc2)C[C@@H]1c1cn(-c2ccccc2)nc1-c1ccccc1. The first-order chi connectivity index (χ1) is 17.5. The van der Waals surface area contributed by atoms with E-state index in [1.54, 1.807) is 0 Å². The molecule has 0 spiro atoms. The van der Waals surface area contributed by atoms with Crippen molar-refractivity contribution in [2.75, 3.05) is 0 Å².